The van der Waals surface area contributed by atoms with Crippen LogP contribution < -0.4 is 10.6 Å². The van der Waals surface area contributed by atoms with Gasteiger partial charge in [-0.15, -0.1) is 0 Å². The third-order valence-electron chi connectivity index (χ3n) is 1.83. The van der Waals surface area contributed by atoms with Gasteiger partial charge < -0.3 is 10.6 Å². The van der Waals surface area contributed by atoms with Gasteiger partial charge in [0, 0.05) is 38.2 Å². The maximum atomic E-state index is 10.8. The third-order valence-corrected chi connectivity index (χ3v) is 1.83. The van der Waals surface area contributed by atoms with Crippen LogP contribution in [-0.2, 0) is 9.59 Å². The Hall–Kier alpha value is -1.32. The largest absolute Gasteiger partial charge is 0.386 e. The van der Waals surface area contributed by atoms with Gasteiger partial charge in [0.25, 0.3) is 0 Å². The van der Waals surface area contributed by atoms with Crippen molar-refractivity contribution in [3.8, 4) is 0 Å². The standard InChI is InChI=1S/C9H14N2O2/c1-7(12)10-4-5-11-8-2-3-9(13)6-8/h6,11H,2-5H2,1H3,(H,10,12). The van der Waals surface area contributed by atoms with E-state index in [0.717, 1.165) is 12.1 Å². The zero-order valence-electron chi connectivity index (χ0n) is 7.72. The molecule has 1 rings (SSSR count). The van der Waals surface area contributed by atoms with E-state index in [4.69, 9.17) is 0 Å². The molecule has 0 aromatic rings. The van der Waals surface area contributed by atoms with Gasteiger partial charge in [-0.2, -0.15) is 0 Å². The van der Waals surface area contributed by atoms with Crippen LogP contribution in [0.2, 0.25) is 0 Å². The molecule has 4 nitrogen and oxygen atoms in total. The number of ketones is 1. The number of carbonyl (C=O) groups is 2. The van der Waals surface area contributed by atoms with Crippen LogP contribution in [0.3, 0.4) is 0 Å². The first-order valence-electron chi connectivity index (χ1n) is 4.40. The Labute approximate surface area is 77.4 Å². The van der Waals surface area contributed by atoms with Gasteiger partial charge in [-0.25, -0.2) is 0 Å². The van der Waals surface area contributed by atoms with Crippen LogP contribution in [0.4, 0.5) is 0 Å². The maximum Gasteiger partial charge on any atom is 0.216 e. The average molecular weight is 182 g/mol. The van der Waals surface area contributed by atoms with E-state index in [1.807, 2.05) is 0 Å². The highest BCUT2D eigenvalue weighted by atomic mass is 16.1. The van der Waals surface area contributed by atoms with Crippen LogP contribution in [0.25, 0.3) is 0 Å². The summed E-state index contributed by atoms with van der Waals surface area (Å²) in [6, 6.07) is 0. The van der Waals surface area contributed by atoms with E-state index in [1.165, 1.54) is 6.92 Å². The van der Waals surface area contributed by atoms with Gasteiger partial charge in [0.2, 0.25) is 5.91 Å². The number of nitrogens with one attached hydrogen (secondary N) is 2. The molecule has 1 aliphatic carbocycles. The molecular weight excluding hydrogens is 168 g/mol. The molecule has 0 heterocycles. The summed E-state index contributed by atoms with van der Waals surface area (Å²) in [4.78, 5) is 21.3. The molecule has 0 aliphatic heterocycles. The Bertz CT molecular complexity index is 246. The Kier molecular flexibility index (Phi) is 3.49. The van der Waals surface area contributed by atoms with Crippen LogP contribution in [0, 0.1) is 0 Å². The molecule has 0 radical (unpaired) electrons. The van der Waals surface area contributed by atoms with Crippen molar-refractivity contribution in [3.63, 3.8) is 0 Å². The summed E-state index contributed by atoms with van der Waals surface area (Å²) in [5.41, 5.74) is 0.982. The molecule has 13 heavy (non-hydrogen) atoms. The average Bonchev–Trinajstić information content (AvgIpc) is 2.45. The molecule has 0 spiro atoms. The zero-order valence-corrected chi connectivity index (χ0v) is 7.72. The minimum absolute atomic E-state index is 0.0294. The third kappa shape index (κ3) is 3.73. The Morgan fingerprint density at radius 2 is 2.23 bits per heavy atom. The number of allylic oxidation sites excluding steroid dienone is 2. The van der Waals surface area contributed by atoms with Crippen molar-refractivity contribution in [2.45, 2.75) is 19.8 Å². The SMILES string of the molecule is CC(=O)NCCNC1=CC(=O)CC1. The minimum atomic E-state index is -0.0294. The van der Waals surface area contributed by atoms with Crippen molar-refractivity contribution in [2.75, 3.05) is 13.1 Å². The first-order chi connectivity index (χ1) is 6.18. The van der Waals surface area contributed by atoms with Crippen molar-refractivity contribution in [1.82, 2.24) is 10.6 Å². The molecule has 1 aliphatic rings. The first-order valence-corrected chi connectivity index (χ1v) is 4.40. The summed E-state index contributed by atoms with van der Waals surface area (Å²) in [5, 5.41) is 5.76. The molecule has 1 amide bonds. The highest BCUT2D eigenvalue weighted by Gasteiger charge is 2.10. The van der Waals surface area contributed by atoms with Gasteiger partial charge in [-0.05, 0) is 6.42 Å². The smallest absolute Gasteiger partial charge is 0.216 e. The van der Waals surface area contributed by atoms with Crippen molar-refractivity contribution in [1.29, 1.82) is 0 Å². The summed E-state index contributed by atoms with van der Waals surface area (Å²) in [6.45, 7) is 2.76. The summed E-state index contributed by atoms with van der Waals surface area (Å²) in [7, 11) is 0. The second-order valence-electron chi connectivity index (χ2n) is 3.05. The van der Waals surface area contributed by atoms with Crippen LogP contribution in [0.5, 0.6) is 0 Å². The normalized spacial score (nSPS) is 15.5. The molecule has 0 fully saturated rings. The fraction of sp³-hybridized carbons (Fsp3) is 0.556. The van der Waals surface area contributed by atoms with Crippen LogP contribution in [-0.4, -0.2) is 24.8 Å². The number of hydrogen-bond donors (Lipinski definition) is 2. The van der Waals surface area contributed by atoms with Gasteiger partial charge in [0.1, 0.15) is 0 Å². The van der Waals surface area contributed by atoms with E-state index >= 15 is 0 Å². The van der Waals surface area contributed by atoms with Crippen LogP contribution in [0.1, 0.15) is 19.8 Å². The van der Waals surface area contributed by atoms with E-state index in [1.54, 1.807) is 6.08 Å². The van der Waals surface area contributed by atoms with E-state index in [0.29, 0.717) is 19.5 Å². The van der Waals surface area contributed by atoms with E-state index in [-0.39, 0.29) is 11.7 Å². The molecular formula is C9H14N2O2. The van der Waals surface area contributed by atoms with Crippen LogP contribution in [0.15, 0.2) is 11.8 Å². The number of rotatable bonds is 4. The van der Waals surface area contributed by atoms with Crippen molar-refractivity contribution in [2.24, 2.45) is 0 Å². The Balaban J connectivity index is 2.10. The van der Waals surface area contributed by atoms with Crippen LogP contribution >= 0.6 is 0 Å². The second kappa shape index (κ2) is 4.64. The number of hydrogen-bond acceptors (Lipinski definition) is 3. The Morgan fingerprint density at radius 1 is 1.46 bits per heavy atom. The van der Waals surface area contributed by atoms with Gasteiger partial charge >= 0.3 is 0 Å². The lowest BCUT2D eigenvalue weighted by atomic mass is 10.3. The molecule has 0 aromatic heterocycles. The van der Waals surface area contributed by atoms with Crippen molar-refractivity contribution in [3.05, 3.63) is 11.8 Å². The molecule has 4 heteroatoms. The number of amides is 1. The monoisotopic (exact) mass is 182 g/mol. The zero-order chi connectivity index (χ0) is 9.68. The first kappa shape index (κ1) is 9.77. The van der Waals surface area contributed by atoms with E-state index < -0.39 is 0 Å². The number of carbonyl (C=O) groups excluding carboxylic acids is 2. The maximum absolute atomic E-state index is 10.8. The van der Waals surface area contributed by atoms with Gasteiger partial charge in [0.15, 0.2) is 5.78 Å². The lowest BCUT2D eigenvalue weighted by Crippen LogP contribution is -2.29. The van der Waals surface area contributed by atoms with Gasteiger partial charge in [0.05, 0.1) is 0 Å². The molecule has 0 aromatic carbocycles. The van der Waals surface area contributed by atoms with E-state index in [9.17, 15) is 9.59 Å². The predicted molar refractivity (Wildman–Crippen MR) is 49.0 cm³/mol. The summed E-state index contributed by atoms with van der Waals surface area (Å²) >= 11 is 0. The lowest BCUT2D eigenvalue weighted by molar-refractivity contribution is -0.119. The molecule has 0 saturated heterocycles. The topological polar surface area (TPSA) is 58.2 Å². The summed E-state index contributed by atoms with van der Waals surface area (Å²) in [5.74, 6) is 0.153. The summed E-state index contributed by atoms with van der Waals surface area (Å²) in [6.07, 6.45) is 3.05. The quantitative estimate of drug-likeness (QED) is 0.600. The second-order valence-corrected chi connectivity index (χ2v) is 3.05. The van der Waals surface area contributed by atoms with Gasteiger partial charge in [-0.1, -0.05) is 0 Å². The predicted octanol–water partition coefficient (Wildman–Crippen LogP) is -0.0411. The minimum Gasteiger partial charge on any atom is -0.386 e. The lowest BCUT2D eigenvalue weighted by Gasteiger charge is -2.06. The molecule has 72 valence electrons. The molecule has 2 N–H and O–H groups in total. The highest BCUT2D eigenvalue weighted by Crippen LogP contribution is 2.10. The van der Waals surface area contributed by atoms with Crippen molar-refractivity contribution < 1.29 is 9.59 Å². The molecule has 0 atom stereocenters. The van der Waals surface area contributed by atoms with Gasteiger partial charge in [-0.3, -0.25) is 9.59 Å². The fourth-order valence-electron chi connectivity index (χ4n) is 1.20. The summed E-state index contributed by atoms with van der Waals surface area (Å²) < 4.78 is 0. The molecule has 0 saturated carbocycles. The molecule has 0 bridgehead atoms. The van der Waals surface area contributed by atoms with Crippen molar-refractivity contribution >= 4 is 11.7 Å². The highest BCUT2D eigenvalue weighted by molar-refractivity contribution is 5.92. The molecule has 0 unspecified atom stereocenters. The van der Waals surface area contributed by atoms with E-state index in [2.05, 4.69) is 10.6 Å². The Morgan fingerprint density at radius 3 is 2.77 bits per heavy atom. The fourth-order valence-corrected chi connectivity index (χ4v) is 1.20.